The third kappa shape index (κ3) is 3.91. The monoisotopic (exact) mass is 274 g/mol. The second-order valence-electron chi connectivity index (χ2n) is 3.43. The largest absolute Gasteiger partial charge is 0.103 e. The third-order valence-corrected chi connectivity index (χ3v) is 3.34. The molecule has 0 saturated carbocycles. The van der Waals surface area contributed by atoms with Crippen LogP contribution in [-0.2, 0) is 6.42 Å². The first-order valence-electron chi connectivity index (χ1n) is 5.25. The SMILES string of the molecule is CCCC#CCCc1c(Cl)ccc(Cl)c1Cl. The van der Waals surface area contributed by atoms with Crippen molar-refractivity contribution in [3.8, 4) is 11.8 Å². The molecule has 0 radical (unpaired) electrons. The van der Waals surface area contributed by atoms with Gasteiger partial charge in [0.1, 0.15) is 0 Å². The molecule has 0 atom stereocenters. The Morgan fingerprint density at radius 1 is 1.00 bits per heavy atom. The molecule has 16 heavy (non-hydrogen) atoms. The Labute approximate surface area is 112 Å². The zero-order valence-electron chi connectivity index (χ0n) is 9.12. The molecule has 0 bridgehead atoms. The van der Waals surface area contributed by atoms with Gasteiger partial charge in [-0.2, -0.15) is 0 Å². The van der Waals surface area contributed by atoms with Crippen LogP contribution in [0.4, 0.5) is 0 Å². The molecule has 0 amide bonds. The summed E-state index contributed by atoms with van der Waals surface area (Å²) in [5.41, 5.74) is 0.890. The summed E-state index contributed by atoms with van der Waals surface area (Å²) in [6.45, 7) is 2.11. The Hall–Kier alpha value is -0.350. The van der Waals surface area contributed by atoms with Crippen molar-refractivity contribution in [3.05, 3.63) is 32.8 Å². The molecule has 0 N–H and O–H groups in total. The average Bonchev–Trinajstić information content (AvgIpc) is 2.28. The molecular weight excluding hydrogens is 263 g/mol. The summed E-state index contributed by atoms with van der Waals surface area (Å²) >= 11 is 18.0. The lowest BCUT2D eigenvalue weighted by atomic mass is 10.1. The van der Waals surface area contributed by atoms with E-state index in [0.29, 0.717) is 15.1 Å². The van der Waals surface area contributed by atoms with Gasteiger partial charge >= 0.3 is 0 Å². The molecule has 0 aliphatic carbocycles. The van der Waals surface area contributed by atoms with E-state index in [1.165, 1.54) is 0 Å². The molecule has 3 heteroatoms. The second-order valence-corrected chi connectivity index (χ2v) is 4.62. The van der Waals surface area contributed by atoms with Crippen LogP contribution in [0.1, 0.15) is 31.7 Å². The van der Waals surface area contributed by atoms with Gasteiger partial charge in [0, 0.05) is 17.9 Å². The number of hydrogen-bond donors (Lipinski definition) is 0. The fourth-order valence-corrected chi connectivity index (χ4v) is 2.02. The molecule has 0 fully saturated rings. The van der Waals surface area contributed by atoms with Crippen LogP contribution in [0.2, 0.25) is 15.1 Å². The number of unbranched alkanes of at least 4 members (excludes halogenated alkanes) is 1. The quantitative estimate of drug-likeness (QED) is 0.513. The van der Waals surface area contributed by atoms with Gasteiger partial charge in [-0.25, -0.2) is 0 Å². The number of halogens is 3. The summed E-state index contributed by atoms with van der Waals surface area (Å²) in [5.74, 6) is 6.19. The van der Waals surface area contributed by atoms with Crippen molar-refractivity contribution in [2.45, 2.75) is 32.6 Å². The van der Waals surface area contributed by atoms with Crippen LogP contribution in [0, 0.1) is 11.8 Å². The number of hydrogen-bond acceptors (Lipinski definition) is 0. The van der Waals surface area contributed by atoms with E-state index in [2.05, 4.69) is 18.8 Å². The highest BCUT2D eigenvalue weighted by Gasteiger charge is 2.08. The van der Waals surface area contributed by atoms with Crippen molar-refractivity contribution < 1.29 is 0 Å². The van der Waals surface area contributed by atoms with E-state index in [0.717, 1.165) is 31.2 Å². The molecule has 0 spiro atoms. The average molecular weight is 276 g/mol. The van der Waals surface area contributed by atoms with Crippen molar-refractivity contribution in [2.24, 2.45) is 0 Å². The van der Waals surface area contributed by atoms with Gasteiger partial charge in [-0.15, -0.1) is 11.8 Å². The van der Waals surface area contributed by atoms with Gasteiger partial charge in [0.05, 0.1) is 10.0 Å². The van der Waals surface area contributed by atoms with Crippen molar-refractivity contribution in [3.63, 3.8) is 0 Å². The van der Waals surface area contributed by atoms with Crippen molar-refractivity contribution in [1.29, 1.82) is 0 Å². The van der Waals surface area contributed by atoms with E-state index in [9.17, 15) is 0 Å². The van der Waals surface area contributed by atoms with Crippen LogP contribution in [0.15, 0.2) is 12.1 Å². The fraction of sp³-hybridized carbons (Fsp3) is 0.385. The third-order valence-electron chi connectivity index (χ3n) is 2.14. The minimum atomic E-state index is 0.544. The molecule has 1 aromatic rings. The maximum absolute atomic E-state index is 6.07. The summed E-state index contributed by atoms with van der Waals surface area (Å²) in [6, 6.07) is 3.48. The van der Waals surface area contributed by atoms with E-state index < -0.39 is 0 Å². The molecule has 1 rings (SSSR count). The van der Waals surface area contributed by atoms with Crippen molar-refractivity contribution >= 4 is 34.8 Å². The minimum absolute atomic E-state index is 0.544. The van der Waals surface area contributed by atoms with E-state index in [-0.39, 0.29) is 0 Å². The van der Waals surface area contributed by atoms with Crippen LogP contribution in [0.3, 0.4) is 0 Å². The first-order valence-corrected chi connectivity index (χ1v) is 6.38. The molecule has 86 valence electrons. The lowest BCUT2D eigenvalue weighted by Crippen LogP contribution is -1.88. The highest BCUT2D eigenvalue weighted by atomic mass is 35.5. The molecular formula is C13H13Cl3. The Balaban J connectivity index is 2.68. The summed E-state index contributed by atoms with van der Waals surface area (Å²) in [5, 5.41) is 1.75. The van der Waals surface area contributed by atoms with Crippen molar-refractivity contribution in [2.75, 3.05) is 0 Å². The zero-order chi connectivity index (χ0) is 12.0. The normalized spacial score (nSPS) is 9.75. The Morgan fingerprint density at radius 3 is 2.31 bits per heavy atom. The summed E-state index contributed by atoms with van der Waals surface area (Å²) in [7, 11) is 0. The first kappa shape index (κ1) is 13.7. The molecule has 0 aromatic heterocycles. The highest BCUT2D eigenvalue weighted by molar-refractivity contribution is 6.44. The van der Waals surface area contributed by atoms with Gasteiger partial charge < -0.3 is 0 Å². The van der Waals surface area contributed by atoms with Gasteiger partial charge in [0.25, 0.3) is 0 Å². The molecule has 0 aliphatic rings. The lowest BCUT2D eigenvalue weighted by Gasteiger charge is -2.06. The van der Waals surface area contributed by atoms with Crippen LogP contribution < -0.4 is 0 Å². The van der Waals surface area contributed by atoms with E-state index in [1.807, 2.05) is 0 Å². The first-order chi connectivity index (χ1) is 7.66. The van der Waals surface area contributed by atoms with E-state index >= 15 is 0 Å². The number of rotatable bonds is 3. The van der Waals surface area contributed by atoms with E-state index in [1.54, 1.807) is 12.1 Å². The smallest absolute Gasteiger partial charge is 0.0639 e. The maximum Gasteiger partial charge on any atom is 0.0639 e. The fourth-order valence-electron chi connectivity index (χ4n) is 1.29. The molecule has 0 nitrogen and oxygen atoms in total. The second kappa shape index (κ2) is 7.07. The molecule has 1 aromatic carbocycles. The van der Waals surface area contributed by atoms with Crippen LogP contribution in [-0.4, -0.2) is 0 Å². The maximum atomic E-state index is 6.07. The predicted octanol–water partition coefficient (Wildman–Crippen LogP) is 5.38. The zero-order valence-corrected chi connectivity index (χ0v) is 11.4. The van der Waals surface area contributed by atoms with E-state index in [4.69, 9.17) is 34.8 Å². The molecule has 0 unspecified atom stereocenters. The Bertz CT molecular complexity index is 413. The lowest BCUT2D eigenvalue weighted by molar-refractivity contribution is 0.974. The molecule has 0 aliphatic heterocycles. The van der Waals surface area contributed by atoms with Gasteiger partial charge in [-0.1, -0.05) is 41.7 Å². The van der Waals surface area contributed by atoms with Gasteiger partial charge in [-0.05, 0) is 30.5 Å². The molecule has 0 heterocycles. The standard InChI is InChI=1S/C13H13Cl3/c1-2-3-4-5-6-7-10-11(14)8-9-12(15)13(10)16/h8-9H,2-3,6-7H2,1H3. The predicted molar refractivity (Wildman–Crippen MR) is 72.5 cm³/mol. The van der Waals surface area contributed by atoms with Crippen LogP contribution in [0.5, 0.6) is 0 Å². The van der Waals surface area contributed by atoms with Gasteiger partial charge in [-0.3, -0.25) is 0 Å². The topological polar surface area (TPSA) is 0 Å². The Kier molecular flexibility index (Phi) is 6.06. The summed E-state index contributed by atoms with van der Waals surface area (Å²) in [4.78, 5) is 0. The van der Waals surface area contributed by atoms with Gasteiger partial charge in [0.15, 0.2) is 0 Å². The van der Waals surface area contributed by atoms with Gasteiger partial charge in [0.2, 0.25) is 0 Å². The van der Waals surface area contributed by atoms with Crippen LogP contribution in [0.25, 0.3) is 0 Å². The summed E-state index contributed by atoms with van der Waals surface area (Å²) in [6.07, 6.45) is 3.54. The molecule has 0 saturated heterocycles. The minimum Gasteiger partial charge on any atom is -0.103 e. The Morgan fingerprint density at radius 2 is 1.62 bits per heavy atom. The number of benzene rings is 1. The highest BCUT2D eigenvalue weighted by Crippen LogP contribution is 2.32. The van der Waals surface area contributed by atoms with Crippen LogP contribution >= 0.6 is 34.8 Å². The summed E-state index contributed by atoms with van der Waals surface area (Å²) < 4.78 is 0. The van der Waals surface area contributed by atoms with Crippen molar-refractivity contribution in [1.82, 2.24) is 0 Å².